The Morgan fingerprint density at radius 3 is 2.12 bits per heavy atom. The van der Waals surface area contributed by atoms with E-state index in [1.807, 2.05) is 36.4 Å². The van der Waals surface area contributed by atoms with Gasteiger partial charge in [0.1, 0.15) is 6.61 Å². The highest BCUT2D eigenvalue weighted by atomic mass is 16.5. The smallest absolute Gasteiger partial charge is 0.255 e. The van der Waals surface area contributed by atoms with Gasteiger partial charge in [0.05, 0.1) is 6.54 Å². The van der Waals surface area contributed by atoms with Crippen molar-refractivity contribution in [1.82, 2.24) is 9.80 Å². The summed E-state index contributed by atoms with van der Waals surface area (Å²) in [6.07, 6.45) is 8.26. The van der Waals surface area contributed by atoms with Crippen LogP contribution in [0.5, 0.6) is 0 Å². The Balaban J connectivity index is 0.976. The molecule has 0 spiro atoms. The van der Waals surface area contributed by atoms with E-state index in [2.05, 4.69) is 50.9 Å². The Bertz CT molecular complexity index is 1270. The van der Waals surface area contributed by atoms with Gasteiger partial charge in [-0.25, -0.2) is 0 Å². The van der Waals surface area contributed by atoms with E-state index >= 15 is 0 Å². The highest BCUT2D eigenvalue weighted by Crippen LogP contribution is 2.59. The van der Waals surface area contributed by atoms with Gasteiger partial charge in [-0.3, -0.25) is 14.6 Å². The van der Waals surface area contributed by atoms with Crippen molar-refractivity contribution >= 4 is 11.6 Å². The molecule has 1 aliphatic heterocycles. The molecule has 5 nitrogen and oxygen atoms in total. The molecular weight excluding hydrogens is 494 g/mol. The minimum atomic E-state index is -0.0813. The molecule has 5 fully saturated rings. The molecule has 0 atom stereocenters. The van der Waals surface area contributed by atoms with Crippen LogP contribution in [0, 0.1) is 46.9 Å². The molecule has 4 saturated carbocycles. The second-order valence-electron chi connectivity index (χ2n) is 12.5. The van der Waals surface area contributed by atoms with E-state index in [-0.39, 0.29) is 11.3 Å². The van der Waals surface area contributed by atoms with Crippen molar-refractivity contribution in [1.29, 1.82) is 0 Å². The predicted molar refractivity (Wildman–Crippen MR) is 160 cm³/mol. The molecule has 1 amide bonds. The molecule has 1 saturated heterocycles. The Morgan fingerprint density at radius 2 is 1.50 bits per heavy atom. The minimum Gasteiger partial charge on any atom is -0.372 e. The quantitative estimate of drug-likeness (QED) is 0.512. The lowest BCUT2D eigenvalue weighted by molar-refractivity contribution is -0.0181. The summed E-state index contributed by atoms with van der Waals surface area (Å²) in [6.45, 7) is 6.30. The van der Waals surface area contributed by atoms with Gasteiger partial charge in [0, 0.05) is 62.1 Å². The number of carbonyl (C=O) groups excluding carboxylic acids is 1. The lowest BCUT2D eigenvalue weighted by atomic mass is 9.50. The molecule has 4 bridgehead atoms. The normalized spacial score (nSPS) is 27.4. The molecule has 2 aromatic rings. The molecule has 4 aliphatic carbocycles. The van der Waals surface area contributed by atoms with Crippen molar-refractivity contribution in [2.45, 2.75) is 45.1 Å². The summed E-state index contributed by atoms with van der Waals surface area (Å²) in [4.78, 5) is 17.7. The number of nitrogens with one attached hydrogen (secondary N) is 1. The van der Waals surface area contributed by atoms with E-state index in [1.54, 1.807) is 7.11 Å². The molecule has 208 valence electrons. The third kappa shape index (κ3) is 6.61. The Labute approximate surface area is 239 Å². The minimum absolute atomic E-state index is 0.0813. The second-order valence-corrected chi connectivity index (χ2v) is 12.5. The number of amides is 1. The van der Waals surface area contributed by atoms with E-state index in [0.717, 1.165) is 68.3 Å². The molecule has 0 radical (unpaired) electrons. The Kier molecular flexibility index (Phi) is 8.26. The maximum Gasteiger partial charge on any atom is 0.255 e. The summed E-state index contributed by atoms with van der Waals surface area (Å²) in [5.74, 6) is 16.1. The molecule has 2 aromatic carbocycles. The maximum absolute atomic E-state index is 12.9. The number of carbonyl (C=O) groups is 1. The zero-order chi connectivity index (χ0) is 27.4. The van der Waals surface area contributed by atoms with E-state index in [9.17, 15) is 4.79 Å². The lowest BCUT2D eigenvalue weighted by Crippen LogP contribution is -2.45. The van der Waals surface area contributed by atoms with Gasteiger partial charge in [-0.05, 0) is 98.2 Å². The summed E-state index contributed by atoms with van der Waals surface area (Å²) < 4.78 is 4.98. The van der Waals surface area contributed by atoms with E-state index in [1.165, 1.54) is 44.1 Å². The summed E-state index contributed by atoms with van der Waals surface area (Å²) in [7, 11) is 1.67. The van der Waals surface area contributed by atoms with Crippen molar-refractivity contribution in [2.24, 2.45) is 23.2 Å². The van der Waals surface area contributed by atoms with Crippen LogP contribution >= 0.6 is 0 Å². The van der Waals surface area contributed by atoms with Crippen molar-refractivity contribution < 1.29 is 9.53 Å². The number of piperazine rings is 1. The third-order valence-electron chi connectivity index (χ3n) is 9.38. The highest BCUT2D eigenvalue weighted by Gasteiger charge is 2.50. The largest absolute Gasteiger partial charge is 0.372 e. The van der Waals surface area contributed by atoms with Crippen LogP contribution in [0.25, 0.3) is 0 Å². The van der Waals surface area contributed by atoms with Gasteiger partial charge in [-0.1, -0.05) is 35.8 Å². The average Bonchev–Trinajstić information content (AvgIpc) is 2.96. The SMILES string of the molecule is COCC#CCN1CCN(Cc2ccc(C(=O)Nc3ccc(C#CC45CC6CC(CC(C6)C4)C5)cc3)cc2)CC1. The van der Waals surface area contributed by atoms with Crippen LogP contribution in [0.4, 0.5) is 5.69 Å². The fraction of sp³-hybridized carbons (Fsp3) is 0.514. The zero-order valence-corrected chi connectivity index (χ0v) is 23.8. The van der Waals surface area contributed by atoms with Gasteiger partial charge in [0.2, 0.25) is 0 Å². The molecule has 7 rings (SSSR count). The molecule has 1 heterocycles. The molecular formula is C35H41N3O2. The van der Waals surface area contributed by atoms with E-state index < -0.39 is 0 Å². The first-order valence-corrected chi connectivity index (χ1v) is 15.0. The first-order valence-electron chi connectivity index (χ1n) is 15.0. The Morgan fingerprint density at radius 1 is 0.875 bits per heavy atom. The molecule has 0 aromatic heterocycles. The van der Waals surface area contributed by atoms with Crippen LogP contribution in [-0.2, 0) is 11.3 Å². The molecule has 40 heavy (non-hydrogen) atoms. The third-order valence-corrected chi connectivity index (χ3v) is 9.38. The standard InChI is InChI=1S/C35H41N3O2/c1-40-19-3-2-14-37-15-17-38(18-16-37)26-28-4-8-32(9-5-28)34(39)36-33-10-6-27(7-11-33)12-13-35-23-29-20-30(24-35)22-31(21-29)25-35/h4-11,29-31H,14-26H2,1H3,(H,36,39). The monoisotopic (exact) mass is 535 g/mol. The van der Waals surface area contributed by atoms with Crippen molar-refractivity contribution in [2.75, 3.05) is 51.8 Å². The number of ether oxygens (including phenoxy) is 1. The number of anilines is 1. The fourth-order valence-electron chi connectivity index (χ4n) is 7.72. The first kappa shape index (κ1) is 27.1. The van der Waals surface area contributed by atoms with Gasteiger partial charge in [0.15, 0.2) is 0 Å². The topological polar surface area (TPSA) is 44.8 Å². The van der Waals surface area contributed by atoms with Crippen LogP contribution in [0.15, 0.2) is 48.5 Å². The van der Waals surface area contributed by atoms with Crippen molar-refractivity contribution in [3.63, 3.8) is 0 Å². The molecule has 5 aliphatic rings. The molecule has 0 unspecified atom stereocenters. The summed E-state index contributed by atoms with van der Waals surface area (Å²) in [5, 5.41) is 3.04. The van der Waals surface area contributed by atoms with Crippen LogP contribution in [-0.4, -0.2) is 62.1 Å². The lowest BCUT2D eigenvalue weighted by Gasteiger charge is -2.54. The number of nitrogens with zero attached hydrogens (tertiary/aromatic N) is 2. The predicted octanol–water partition coefficient (Wildman–Crippen LogP) is 5.27. The number of methoxy groups -OCH3 is 1. The van der Waals surface area contributed by atoms with Gasteiger partial charge in [-0.2, -0.15) is 0 Å². The fourth-order valence-corrected chi connectivity index (χ4v) is 7.72. The van der Waals surface area contributed by atoms with Gasteiger partial charge in [0.25, 0.3) is 5.91 Å². The van der Waals surface area contributed by atoms with Crippen LogP contribution in [0.2, 0.25) is 0 Å². The second kappa shape index (κ2) is 12.2. The average molecular weight is 536 g/mol. The number of hydrogen-bond donors (Lipinski definition) is 1. The summed E-state index contributed by atoms with van der Waals surface area (Å²) in [6, 6.07) is 16.0. The van der Waals surface area contributed by atoms with Gasteiger partial charge in [-0.15, -0.1) is 0 Å². The summed E-state index contributed by atoms with van der Waals surface area (Å²) in [5.41, 5.74) is 4.01. The van der Waals surface area contributed by atoms with Crippen LogP contribution in [0.1, 0.15) is 60.0 Å². The van der Waals surface area contributed by atoms with Crippen molar-refractivity contribution in [3.8, 4) is 23.7 Å². The van der Waals surface area contributed by atoms with E-state index in [0.29, 0.717) is 12.2 Å². The number of benzene rings is 2. The highest BCUT2D eigenvalue weighted by molar-refractivity contribution is 6.04. The Hall–Kier alpha value is -3.09. The molecule has 5 heteroatoms. The first-order chi connectivity index (χ1) is 19.6. The maximum atomic E-state index is 12.9. The van der Waals surface area contributed by atoms with Crippen LogP contribution < -0.4 is 5.32 Å². The zero-order valence-electron chi connectivity index (χ0n) is 23.8. The van der Waals surface area contributed by atoms with Gasteiger partial charge >= 0.3 is 0 Å². The number of rotatable bonds is 6. The molecule has 1 N–H and O–H groups in total. The van der Waals surface area contributed by atoms with Crippen molar-refractivity contribution in [3.05, 3.63) is 65.2 Å². The van der Waals surface area contributed by atoms with Gasteiger partial charge < -0.3 is 10.1 Å². The van der Waals surface area contributed by atoms with E-state index in [4.69, 9.17) is 4.74 Å². The van der Waals surface area contributed by atoms with Crippen LogP contribution in [0.3, 0.4) is 0 Å². The number of hydrogen-bond acceptors (Lipinski definition) is 4. The summed E-state index contributed by atoms with van der Waals surface area (Å²) >= 11 is 0.